The second-order valence-corrected chi connectivity index (χ2v) is 4.98. The second-order valence-electron chi connectivity index (χ2n) is 4.98. The number of hydrogen-bond donors (Lipinski definition) is 2. The van der Waals surface area contributed by atoms with Gasteiger partial charge in [-0.3, -0.25) is 11.3 Å². The van der Waals surface area contributed by atoms with E-state index in [1.807, 2.05) is 25.1 Å². The van der Waals surface area contributed by atoms with E-state index < -0.39 is 0 Å². The Bertz CT molecular complexity index is 413. The fourth-order valence-electron chi connectivity index (χ4n) is 2.65. The normalized spacial score (nSPS) is 17.6. The van der Waals surface area contributed by atoms with Crippen molar-refractivity contribution in [2.75, 3.05) is 20.8 Å². The van der Waals surface area contributed by atoms with E-state index in [2.05, 4.69) is 5.43 Å². The van der Waals surface area contributed by atoms with Crippen molar-refractivity contribution in [2.45, 2.75) is 31.9 Å². The Hall–Kier alpha value is -1.30. The molecule has 0 bridgehead atoms. The van der Waals surface area contributed by atoms with Gasteiger partial charge in [-0.25, -0.2) is 0 Å². The number of nitrogens with one attached hydrogen (secondary N) is 1. The average molecular weight is 280 g/mol. The summed E-state index contributed by atoms with van der Waals surface area (Å²) >= 11 is 0. The van der Waals surface area contributed by atoms with Gasteiger partial charge in [0.25, 0.3) is 0 Å². The van der Waals surface area contributed by atoms with E-state index in [0.717, 1.165) is 17.1 Å². The minimum Gasteiger partial charge on any atom is -0.496 e. The van der Waals surface area contributed by atoms with Gasteiger partial charge in [0, 0.05) is 6.61 Å². The number of nitrogens with two attached hydrogens (primary N) is 1. The van der Waals surface area contributed by atoms with Gasteiger partial charge in [0.05, 0.1) is 31.9 Å². The van der Waals surface area contributed by atoms with Gasteiger partial charge in [0.2, 0.25) is 0 Å². The first-order chi connectivity index (χ1) is 9.76. The maximum atomic E-state index is 5.92. The highest BCUT2D eigenvalue weighted by atomic mass is 16.5. The molecule has 2 rings (SSSR count). The largest absolute Gasteiger partial charge is 0.496 e. The van der Waals surface area contributed by atoms with Crippen molar-refractivity contribution < 1.29 is 14.2 Å². The van der Waals surface area contributed by atoms with Crippen LogP contribution in [-0.4, -0.2) is 26.9 Å². The number of hydrazine groups is 1. The molecule has 1 aromatic carbocycles. The maximum Gasteiger partial charge on any atom is 0.127 e. The van der Waals surface area contributed by atoms with Crippen molar-refractivity contribution in [2.24, 2.45) is 11.8 Å². The topological polar surface area (TPSA) is 65.7 Å². The number of hydrogen-bond acceptors (Lipinski definition) is 5. The fraction of sp³-hybridized carbons (Fsp3) is 0.600. The lowest BCUT2D eigenvalue weighted by Gasteiger charge is -2.29. The molecule has 1 fully saturated rings. The summed E-state index contributed by atoms with van der Waals surface area (Å²) in [6.45, 7) is 2.67. The highest BCUT2D eigenvalue weighted by Crippen LogP contribution is 2.44. The minimum atomic E-state index is -0.145. The predicted octanol–water partition coefficient (Wildman–Crippen LogP) is 2.02. The number of rotatable bonds is 8. The van der Waals surface area contributed by atoms with Crippen molar-refractivity contribution in [3.05, 3.63) is 23.8 Å². The summed E-state index contributed by atoms with van der Waals surface area (Å²) in [5.41, 5.74) is 3.81. The first-order valence-corrected chi connectivity index (χ1v) is 7.05. The van der Waals surface area contributed by atoms with Crippen LogP contribution in [0.3, 0.4) is 0 Å². The Morgan fingerprint density at radius 1 is 1.25 bits per heavy atom. The highest BCUT2D eigenvalue weighted by Gasteiger charge is 2.39. The SMILES string of the molecule is CCOC(C1CC1)C(NN)c1c(OC)cccc1OC. The maximum absolute atomic E-state index is 5.92. The molecule has 5 heteroatoms. The molecule has 2 atom stereocenters. The lowest BCUT2D eigenvalue weighted by Crippen LogP contribution is -2.39. The standard InChI is InChI=1S/C15H24N2O3/c1-4-20-15(10-8-9-10)14(17-16)13-11(18-2)6-5-7-12(13)19-3/h5-7,10,14-15,17H,4,8-9,16H2,1-3H3. The van der Waals surface area contributed by atoms with Gasteiger partial charge in [0.15, 0.2) is 0 Å². The molecule has 0 heterocycles. The lowest BCUT2D eigenvalue weighted by atomic mass is 9.96. The summed E-state index contributed by atoms with van der Waals surface area (Å²) in [5.74, 6) is 7.88. The van der Waals surface area contributed by atoms with E-state index in [1.54, 1.807) is 14.2 Å². The third kappa shape index (κ3) is 3.06. The molecule has 1 aliphatic carbocycles. The third-order valence-corrected chi connectivity index (χ3v) is 3.73. The van der Waals surface area contributed by atoms with Gasteiger partial charge in [0.1, 0.15) is 11.5 Å². The molecule has 0 spiro atoms. The van der Waals surface area contributed by atoms with E-state index in [4.69, 9.17) is 20.1 Å². The molecular formula is C15H24N2O3. The molecule has 0 aliphatic heterocycles. The van der Waals surface area contributed by atoms with Crippen molar-refractivity contribution in [3.63, 3.8) is 0 Å². The first-order valence-electron chi connectivity index (χ1n) is 7.05. The van der Waals surface area contributed by atoms with Crippen LogP contribution in [0.5, 0.6) is 11.5 Å². The molecule has 1 aliphatic rings. The minimum absolute atomic E-state index is 0.0372. The third-order valence-electron chi connectivity index (χ3n) is 3.73. The zero-order valence-corrected chi connectivity index (χ0v) is 12.4. The number of ether oxygens (including phenoxy) is 3. The van der Waals surface area contributed by atoms with Crippen LogP contribution in [0.15, 0.2) is 18.2 Å². The summed E-state index contributed by atoms with van der Waals surface area (Å²) in [7, 11) is 3.30. The van der Waals surface area contributed by atoms with Crippen molar-refractivity contribution in [1.29, 1.82) is 0 Å². The summed E-state index contributed by atoms with van der Waals surface area (Å²) in [6.07, 6.45) is 2.40. The zero-order chi connectivity index (χ0) is 14.5. The van der Waals surface area contributed by atoms with E-state index in [0.29, 0.717) is 12.5 Å². The predicted molar refractivity (Wildman–Crippen MR) is 77.7 cm³/mol. The average Bonchev–Trinajstić information content (AvgIpc) is 3.31. The fourth-order valence-corrected chi connectivity index (χ4v) is 2.65. The van der Waals surface area contributed by atoms with Crippen molar-refractivity contribution >= 4 is 0 Å². The Labute approximate surface area is 120 Å². The van der Waals surface area contributed by atoms with Crippen LogP contribution >= 0.6 is 0 Å². The summed E-state index contributed by atoms with van der Waals surface area (Å²) in [6, 6.07) is 5.59. The summed E-state index contributed by atoms with van der Waals surface area (Å²) in [5, 5.41) is 0. The van der Waals surface area contributed by atoms with Gasteiger partial charge in [-0.2, -0.15) is 0 Å². The van der Waals surface area contributed by atoms with Gasteiger partial charge in [-0.1, -0.05) is 6.07 Å². The van der Waals surface area contributed by atoms with E-state index in [9.17, 15) is 0 Å². The molecule has 1 saturated carbocycles. The molecule has 0 saturated heterocycles. The van der Waals surface area contributed by atoms with Gasteiger partial charge in [-0.15, -0.1) is 0 Å². The molecule has 5 nitrogen and oxygen atoms in total. The Balaban J connectivity index is 2.38. The van der Waals surface area contributed by atoms with Gasteiger partial charge >= 0.3 is 0 Å². The molecule has 3 N–H and O–H groups in total. The summed E-state index contributed by atoms with van der Waals surface area (Å²) in [4.78, 5) is 0. The Morgan fingerprint density at radius 2 is 1.85 bits per heavy atom. The molecule has 20 heavy (non-hydrogen) atoms. The smallest absolute Gasteiger partial charge is 0.127 e. The number of benzene rings is 1. The van der Waals surface area contributed by atoms with E-state index in [-0.39, 0.29) is 12.1 Å². The highest BCUT2D eigenvalue weighted by molar-refractivity contribution is 5.47. The van der Waals surface area contributed by atoms with Crippen LogP contribution in [0.25, 0.3) is 0 Å². The Morgan fingerprint density at radius 3 is 2.25 bits per heavy atom. The molecule has 1 aromatic rings. The molecular weight excluding hydrogens is 256 g/mol. The van der Waals surface area contributed by atoms with Crippen LogP contribution in [0.2, 0.25) is 0 Å². The second kappa shape index (κ2) is 6.92. The van der Waals surface area contributed by atoms with Crippen LogP contribution in [0, 0.1) is 5.92 Å². The summed E-state index contributed by atoms with van der Waals surface area (Å²) < 4.78 is 16.9. The van der Waals surface area contributed by atoms with Crippen molar-refractivity contribution in [1.82, 2.24) is 5.43 Å². The zero-order valence-electron chi connectivity index (χ0n) is 12.4. The van der Waals surface area contributed by atoms with Crippen molar-refractivity contribution in [3.8, 4) is 11.5 Å². The lowest BCUT2D eigenvalue weighted by molar-refractivity contribution is 0.0174. The van der Waals surface area contributed by atoms with Gasteiger partial charge in [-0.05, 0) is 37.8 Å². The van der Waals surface area contributed by atoms with Crippen LogP contribution in [0.1, 0.15) is 31.4 Å². The molecule has 112 valence electrons. The van der Waals surface area contributed by atoms with E-state index in [1.165, 1.54) is 12.8 Å². The van der Waals surface area contributed by atoms with Crippen LogP contribution < -0.4 is 20.7 Å². The molecule has 0 radical (unpaired) electrons. The Kier molecular flexibility index (Phi) is 5.23. The monoisotopic (exact) mass is 280 g/mol. The van der Waals surface area contributed by atoms with Crippen LogP contribution in [-0.2, 0) is 4.74 Å². The molecule has 0 amide bonds. The first kappa shape index (κ1) is 15.1. The molecule has 0 aromatic heterocycles. The molecule has 2 unspecified atom stereocenters. The van der Waals surface area contributed by atoms with E-state index >= 15 is 0 Å². The van der Waals surface area contributed by atoms with Gasteiger partial charge < -0.3 is 14.2 Å². The quantitative estimate of drug-likeness (QED) is 0.563. The number of methoxy groups -OCH3 is 2. The van der Waals surface area contributed by atoms with Crippen LogP contribution in [0.4, 0.5) is 0 Å².